The molecule has 1 aromatic carbocycles. The van der Waals surface area contributed by atoms with Crippen LogP contribution < -0.4 is 5.73 Å². The molecule has 0 bridgehead atoms. The lowest BCUT2D eigenvalue weighted by Crippen LogP contribution is -2.29. The molecular formula is C12H16ClNO4S. The minimum Gasteiger partial charge on any atom is -0.480 e. The first-order chi connectivity index (χ1) is 8.41. The van der Waals surface area contributed by atoms with Gasteiger partial charge in [0, 0.05) is 5.41 Å². The van der Waals surface area contributed by atoms with E-state index in [0.29, 0.717) is 5.56 Å². The number of carboxylic acid groups (broad SMARTS) is 1. The second-order valence-electron chi connectivity index (χ2n) is 3.85. The second kappa shape index (κ2) is 7.93. The Morgan fingerprint density at radius 2 is 1.89 bits per heavy atom. The zero-order valence-corrected chi connectivity index (χ0v) is 11.7. The van der Waals surface area contributed by atoms with Gasteiger partial charge in [0.1, 0.15) is 6.04 Å². The van der Waals surface area contributed by atoms with Gasteiger partial charge in [0.2, 0.25) is 0 Å². The summed E-state index contributed by atoms with van der Waals surface area (Å²) in [6, 6.07) is 7.68. The maximum absolute atomic E-state index is 11.7. The summed E-state index contributed by atoms with van der Waals surface area (Å²) in [6.45, 7) is 0. The van der Waals surface area contributed by atoms with Crippen molar-refractivity contribution in [3.63, 3.8) is 0 Å². The van der Waals surface area contributed by atoms with Crippen LogP contribution in [0.25, 0.3) is 0 Å². The number of halogens is 1. The van der Waals surface area contributed by atoms with Gasteiger partial charge in [-0.05, 0) is 12.0 Å². The van der Waals surface area contributed by atoms with E-state index in [-0.39, 0.29) is 24.6 Å². The summed E-state index contributed by atoms with van der Waals surface area (Å²) < 4.78 is 23.4. The van der Waals surface area contributed by atoms with Crippen LogP contribution in [-0.4, -0.2) is 25.5 Å². The molecule has 0 amide bonds. The highest BCUT2D eigenvalue weighted by molar-refractivity contribution is 7.93. The summed E-state index contributed by atoms with van der Waals surface area (Å²) in [5.74, 6) is -1.26. The van der Waals surface area contributed by atoms with Crippen LogP contribution in [0.3, 0.4) is 0 Å². The summed E-state index contributed by atoms with van der Waals surface area (Å²) in [5.41, 5.74) is 5.94. The number of benzene rings is 1. The van der Waals surface area contributed by atoms with Gasteiger partial charge in [-0.1, -0.05) is 36.4 Å². The summed E-state index contributed by atoms with van der Waals surface area (Å²) in [6.07, 6.45) is 1.26. The zero-order valence-electron chi connectivity index (χ0n) is 10.1. The van der Waals surface area contributed by atoms with Crippen molar-refractivity contribution in [1.82, 2.24) is 0 Å². The van der Waals surface area contributed by atoms with E-state index in [2.05, 4.69) is 0 Å². The molecule has 0 aliphatic heterocycles. The SMILES string of the molecule is Cl.NC(CC=CS(=O)(=O)Cc1ccccc1)C(=O)O. The molecule has 19 heavy (non-hydrogen) atoms. The van der Waals surface area contributed by atoms with Crippen molar-refractivity contribution in [2.24, 2.45) is 5.73 Å². The van der Waals surface area contributed by atoms with Crippen LogP contribution in [0.5, 0.6) is 0 Å². The third kappa shape index (κ3) is 6.95. The van der Waals surface area contributed by atoms with Crippen LogP contribution in [0, 0.1) is 0 Å². The van der Waals surface area contributed by atoms with E-state index in [9.17, 15) is 13.2 Å². The van der Waals surface area contributed by atoms with Crippen molar-refractivity contribution in [3.05, 3.63) is 47.4 Å². The summed E-state index contributed by atoms with van der Waals surface area (Å²) in [4.78, 5) is 10.4. The van der Waals surface area contributed by atoms with Crippen LogP contribution in [0.2, 0.25) is 0 Å². The van der Waals surface area contributed by atoms with Crippen molar-refractivity contribution in [1.29, 1.82) is 0 Å². The van der Waals surface area contributed by atoms with E-state index in [0.717, 1.165) is 5.41 Å². The molecular weight excluding hydrogens is 290 g/mol. The lowest BCUT2D eigenvalue weighted by atomic mass is 10.2. The Morgan fingerprint density at radius 1 is 1.32 bits per heavy atom. The molecule has 0 fully saturated rings. The lowest BCUT2D eigenvalue weighted by Gasteiger charge is -2.02. The summed E-state index contributed by atoms with van der Waals surface area (Å²) in [5, 5.41) is 9.55. The zero-order chi connectivity index (χ0) is 13.6. The van der Waals surface area contributed by atoms with E-state index >= 15 is 0 Å². The molecule has 1 unspecified atom stereocenters. The third-order valence-corrected chi connectivity index (χ3v) is 3.56. The number of hydrogen-bond acceptors (Lipinski definition) is 4. The van der Waals surface area contributed by atoms with E-state index in [1.807, 2.05) is 0 Å². The van der Waals surface area contributed by atoms with Crippen molar-refractivity contribution in [3.8, 4) is 0 Å². The first-order valence-electron chi connectivity index (χ1n) is 5.32. The molecule has 3 N–H and O–H groups in total. The highest BCUT2D eigenvalue weighted by atomic mass is 35.5. The summed E-state index contributed by atoms with van der Waals surface area (Å²) >= 11 is 0. The topological polar surface area (TPSA) is 97.5 Å². The van der Waals surface area contributed by atoms with Crippen molar-refractivity contribution >= 4 is 28.2 Å². The number of carboxylic acids is 1. The van der Waals surface area contributed by atoms with Crippen LogP contribution >= 0.6 is 12.4 Å². The molecule has 5 nitrogen and oxygen atoms in total. The Balaban J connectivity index is 0.00000324. The highest BCUT2D eigenvalue weighted by Crippen LogP contribution is 2.07. The fourth-order valence-corrected chi connectivity index (χ4v) is 2.46. The minimum absolute atomic E-state index is 0. The van der Waals surface area contributed by atoms with Crippen LogP contribution in [0.1, 0.15) is 12.0 Å². The molecule has 0 spiro atoms. The molecule has 0 radical (unpaired) electrons. The molecule has 106 valence electrons. The smallest absolute Gasteiger partial charge is 0.320 e. The number of sulfone groups is 1. The normalized spacial score (nSPS) is 12.9. The Bertz CT molecular complexity index is 528. The number of hydrogen-bond donors (Lipinski definition) is 2. The first kappa shape index (κ1) is 17.6. The predicted octanol–water partition coefficient (Wildman–Crippen LogP) is 1.34. The Hall–Kier alpha value is -1.37. The quantitative estimate of drug-likeness (QED) is 0.826. The van der Waals surface area contributed by atoms with Gasteiger partial charge in [-0.25, -0.2) is 8.42 Å². The molecule has 7 heteroatoms. The van der Waals surface area contributed by atoms with Gasteiger partial charge in [0.25, 0.3) is 0 Å². The monoisotopic (exact) mass is 305 g/mol. The molecule has 0 aromatic heterocycles. The minimum atomic E-state index is -3.39. The van der Waals surface area contributed by atoms with Gasteiger partial charge in [-0.3, -0.25) is 4.79 Å². The number of rotatable bonds is 6. The largest absolute Gasteiger partial charge is 0.480 e. The van der Waals surface area contributed by atoms with E-state index in [1.165, 1.54) is 6.08 Å². The maximum atomic E-state index is 11.7. The number of aliphatic carboxylic acids is 1. The molecule has 1 atom stereocenters. The number of nitrogens with two attached hydrogens (primary N) is 1. The van der Waals surface area contributed by atoms with E-state index < -0.39 is 21.8 Å². The third-order valence-electron chi connectivity index (χ3n) is 2.22. The predicted molar refractivity (Wildman–Crippen MR) is 75.7 cm³/mol. The van der Waals surface area contributed by atoms with Gasteiger partial charge in [0.15, 0.2) is 9.84 Å². The molecule has 0 heterocycles. The van der Waals surface area contributed by atoms with Crippen LogP contribution in [-0.2, 0) is 20.4 Å². The molecule has 1 aromatic rings. The molecule has 0 saturated carbocycles. The van der Waals surface area contributed by atoms with Crippen LogP contribution in [0.4, 0.5) is 0 Å². The van der Waals surface area contributed by atoms with Gasteiger partial charge < -0.3 is 10.8 Å². The Morgan fingerprint density at radius 3 is 2.42 bits per heavy atom. The maximum Gasteiger partial charge on any atom is 0.320 e. The molecule has 0 aliphatic rings. The van der Waals surface area contributed by atoms with Crippen LogP contribution in [0.15, 0.2) is 41.8 Å². The second-order valence-corrected chi connectivity index (χ2v) is 5.73. The Kier molecular flexibility index (Phi) is 7.36. The average Bonchev–Trinajstić information content (AvgIpc) is 2.29. The van der Waals surface area contributed by atoms with E-state index in [4.69, 9.17) is 10.8 Å². The van der Waals surface area contributed by atoms with Gasteiger partial charge in [-0.2, -0.15) is 0 Å². The van der Waals surface area contributed by atoms with Crippen molar-refractivity contribution in [2.45, 2.75) is 18.2 Å². The highest BCUT2D eigenvalue weighted by Gasteiger charge is 2.10. The van der Waals surface area contributed by atoms with Gasteiger partial charge >= 0.3 is 5.97 Å². The average molecular weight is 306 g/mol. The van der Waals surface area contributed by atoms with Gasteiger partial charge in [-0.15, -0.1) is 12.4 Å². The molecule has 1 rings (SSSR count). The Labute approximate surface area is 118 Å². The van der Waals surface area contributed by atoms with Crippen molar-refractivity contribution < 1.29 is 18.3 Å². The fraction of sp³-hybridized carbons (Fsp3) is 0.250. The fourth-order valence-electron chi connectivity index (χ4n) is 1.30. The van der Waals surface area contributed by atoms with E-state index in [1.54, 1.807) is 30.3 Å². The lowest BCUT2D eigenvalue weighted by molar-refractivity contribution is -0.138. The van der Waals surface area contributed by atoms with Gasteiger partial charge in [0.05, 0.1) is 5.75 Å². The standard InChI is InChI=1S/C12H15NO4S.ClH/c13-11(12(14)15)7-4-8-18(16,17)9-10-5-2-1-3-6-10;/h1-6,8,11H,7,9,13H2,(H,14,15);1H. The molecule has 0 saturated heterocycles. The summed E-state index contributed by atoms with van der Waals surface area (Å²) in [7, 11) is -3.39. The molecule has 0 aliphatic carbocycles. The van der Waals surface area contributed by atoms with Crippen molar-refractivity contribution in [2.75, 3.05) is 0 Å². The first-order valence-corrected chi connectivity index (χ1v) is 7.04. The number of carbonyl (C=O) groups is 1.